The molecule has 0 spiro atoms. The summed E-state index contributed by atoms with van der Waals surface area (Å²) in [6.45, 7) is 0.651. The lowest BCUT2D eigenvalue weighted by Crippen LogP contribution is -2.06. The Morgan fingerprint density at radius 3 is 2.58 bits per heavy atom. The molecule has 1 aliphatic rings. The van der Waals surface area contributed by atoms with Gasteiger partial charge in [0.05, 0.1) is 30.1 Å². The Kier molecular flexibility index (Phi) is 3.84. The summed E-state index contributed by atoms with van der Waals surface area (Å²) < 4.78 is 1.92. The summed E-state index contributed by atoms with van der Waals surface area (Å²) in [5.74, 6) is 0. The Hall–Kier alpha value is -2.93. The summed E-state index contributed by atoms with van der Waals surface area (Å²) in [7, 11) is 0. The fourth-order valence-corrected chi connectivity index (χ4v) is 3.35. The molecule has 0 N–H and O–H groups in total. The van der Waals surface area contributed by atoms with Crippen LogP contribution in [0.1, 0.15) is 35.1 Å². The van der Waals surface area contributed by atoms with Crippen molar-refractivity contribution in [3.8, 4) is 17.3 Å². The molecule has 0 radical (unpaired) electrons. The summed E-state index contributed by atoms with van der Waals surface area (Å²) in [5.41, 5.74) is 6.94. The number of hydrogen-bond acceptors (Lipinski definition) is 3. The van der Waals surface area contributed by atoms with Gasteiger partial charge in [-0.05, 0) is 60.6 Å². The van der Waals surface area contributed by atoms with Crippen LogP contribution in [0.25, 0.3) is 11.3 Å². The Bertz CT molecular complexity index is 900. The molecule has 0 amide bonds. The lowest BCUT2D eigenvalue weighted by Gasteiger charge is -2.16. The standard InChI is InChI=1S/C20H18N4/c21-12-15-5-7-16(8-6-15)14-24-20(13-22-23-24)19-10-9-17-3-1-2-4-18(17)11-19/h5-11,13H,1-4,14H2. The first-order valence-electron chi connectivity index (χ1n) is 8.33. The molecule has 0 aliphatic heterocycles. The highest BCUT2D eigenvalue weighted by Gasteiger charge is 2.13. The highest BCUT2D eigenvalue weighted by atomic mass is 15.4. The third-order valence-corrected chi connectivity index (χ3v) is 4.68. The van der Waals surface area contributed by atoms with Gasteiger partial charge in [-0.15, -0.1) is 5.10 Å². The summed E-state index contributed by atoms with van der Waals surface area (Å²) in [5, 5.41) is 17.2. The highest BCUT2D eigenvalue weighted by molar-refractivity contribution is 5.61. The molecule has 4 heteroatoms. The quantitative estimate of drug-likeness (QED) is 0.740. The molecule has 1 aromatic heterocycles. The molecule has 3 aromatic rings. The van der Waals surface area contributed by atoms with Crippen LogP contribution >= 0.6 is 0 Å². The fraction of sp³-hybridized carbons (Fsp3) is 0.250. The van der Waals surface area contributed by atoms with Gasteiger partial charge >= 0.3 is 0 Å². The molecule has 1 heterocycles. The molecular formula is C20H18N4. The van der Waals surface area contributed by atoms with E-state index in [0.29, 0.717) is 12.1 Å². The number of nitriles is 1. The van der Waals surface area contributed by atoms with Gasteiger partial charge in [-0.3, -0.25) is 0 Å². The van der Waals surface area contributed by atoms with E-state index in [4.69, 9.17) is 5.26 Å². The highest BCUT2D eigenvalue weighted by Crippen LogP contribution is 2.27. The predicted molar refractivity (Wildman–Crippen MR) is 92.4 cm³/mol. The summed E-state index contributed by atoms with van der Waals surface area (Å²) >= 11 is 0. The normalized spacial score (nSPS) is 13.3. The van der Waals surface area contributed by atoms with E-state index in [1.807, 2.05) is 35.1 Å². The minimum Gasteiger partial charge on any atom is -0.240 e. The molecule has 2 aromatic carbocycles. The predicted octanol–water partition coefficient (Wildman–Crippen LogP) is 3.74. The van der Waals surface area contributed by atoms with Crippen LogP contribution in [0.15, 0.2) is 48.7 Å². The molecule has 1 aliphatic carbocycles. The Morgan fingerprint density at radius 2 is 1.79 bits per heavy atom. The number of aryl methyl sites for hydroxylation is 2. The average Bonchev–Trinajstić information content (AvgIpc) is 3.10. The summed E-state index contributed by atoms with van der Waals surface area (Å²) in [4.78, 5) is 0. The van der Waals surface area contributed by atoms with Gasteiger partial charge in [-0.2, -0.15) is 5.26 Å². The van der Waals surface area contributed by atoms with Gasteiger partial charge in [0.2, 0.25) is 0 Å². The van der Waals surface area contributed by atoms with E-state index in [1.165, 1.54) is 42.4 Å². The molecule has 0 saturated heterocycles. The summed E-state index contributed by atoms with van der Waals surface area (Å²) in [6.07, 6.45) is 6.76. The van der Waals surface area contributed by atoms with Crippen molar-refractivity contribution in [2.24, 2.45) is 0 Å². The van der Waals surface area contributed by atoms with Gasteiger partial charge in [-0.1, -0.05) is 29.5 Å². The molecule has 24 heavy (non-hydrogen) atoms. The maximum absolute atomic E-state index is 8.90. The summed E-state index contributed by atoms with van der Waals surface area (Å²) in [6, 6.07) is 16.5. The topological polar surface area (TPSA) is 54.5 Å². The maximum atomic E-state index is 8.90. The van der Waals surface area contributed by atoms with Crippen LogP contribution in [-0.2, 0) is 19.4 Å². The van der Waals surface area contributed by atoms with E-state index in [0.717, 1.165) is 11.3 Å². The van der Waals surface area contributed by atoms with Gasteiger partial charge in [0.15, 0.2) is 0 Å². The van der Waals surface area contributed by atoms with Gasteiger partial charge in [0.25, 0.3) is 0 Å². The smallest absolute Gasteiger partial charge is 0.0991 e. The van der Waals surface area contributed by atoms with Crippen molar-refractivity contribution < 1.29 is 0 Å². The van der Waals surface area contributed by atoms with Crippen LogP contribution in [-0.4, -0.2) is 15.0 Å². The number of rotatable bonds is 3. The van der Waals surface area contributed by atoms with Crippen LogP contribution in [0.5, 0.6) is 0 Å². The molecule has 4 nitrogen and oxygen atoms in total. The first-order valence-corrected chi connectivity index (χ1v) is 8.33. The minimum absolute atomic E-state index is 0.651. The second-order valence-corrected chi connectivity index (χ2v) is 6.28. The van der Waals surface area contributed by atoms with Gasteiger partial charge < -0.3 is 0 Å². The van der Waals surface area contributed by atoms with Crippen molar-refractivity contribution in [3.63, 3.8) is 0 Å². The molecule has 0 atom stereocenters. The monoisotopic (exact) mass is 314 g/mol. The third kappa shape index (κ3) is 2.81. The Morgan fingerprint density at radius 1 is 1.00 bits per heavy atom. The first kappa shape index (κ1) is 14.6. The number of fused-ring (bicyclic) bond motifs is 1. The zero-order valence-electron chi connectivity index (χ0n) is 13.4. The van der Waals surface area contributed by atoms with Crippen molar-refractivity contribution >= 4 is 0 Å². The fourth-order valence-electron chi connectivity index (χ4n) is 3.35. The van der Waals surface area contributed by atoms with Crippen LogP contribution < -0.4 is 0 Å². The largest absolute Gasteiger partial charge is 0.240 e. The molecule has 0 saturated carbocycles. The molecule has 0 fully saturated rings. The number of aromatic nitrogens is 3. The van der Waals surface area contributed by atoms with Crippen molar-refractivity contribution in [1.29, 1.82) is 5.26 Å². The Labute approximate surface area is 141 Å². The van der Waals surface area contributed by atoms with E-state index in [1.54, 1.807) is 0 Å². The van der Waals surface area contributed by atoms with E-state index < -0.39 is 0 Å². The van der Waals surface area contributed by atoms with Crippen LogP contribution in [0.3, 0.4) is 0 Å². The van der Waals surface area contributed by atoms with E-state index in [9.17, 15) is 0 Å². The molecule has 4 rings (SSSR count). The van der Waals surface area contributed by atoms with Gasteiger partial charge in [0.1, 0.15) is 0 Å². The number of hydrogen-bond donors (Lipinski definition) is 0. The third-order valence-electron chi connectivity index (χ3n) is 4.68. The number of benzene rings is 2. The van der Waals surface area contributed by atoms with Gasteiger partial charge in [0, 0.05) is 5.56 Å². The lowest BCUT2D eigenvalue weighted by atomic mass is 9.90. The second-order valence-electron chi connectivity index (χ2n) is 6.28. The van der Waals surface area contributed by atoms with Crippen LogP contribution in [0.4, 0.5) is 0 Å². The maximum Gasteiger partial charge on any atom is 0.0991 e. The molecule has 0 bridgehead atoms. The van der Waals surface area contributed by atoms with E-state index >= 15 is 0 Å². The van der Waals surface area contributed by atoms with Crippen LogP contribution in [0.2, 0.25) is 0 Å². The second kappa shape index (κ2) is 6.29. The van der Waals surface area contributed by atoms with Gasteiger partial charge in [-0.25, -0.2) is 4.68 Å². The van der Waals surface area contributed by atoms with E-state index in [2.05, 4.69) is 34.6 Å². The molecule has 118 valence electrons. The zero-order valence-corrected chi connectivity index (χ0v) is 13.4. The minimum atomic E-state index is 0.651. The van der Waals surface area contributed by atoms with Crippen molar-refractivity contribution in [2.45, 2.75) is 32.2 Å². The van der Waals surface area contributed by atoms with Crippen molar-refractivity contribution in [3.05, 3.63) is 70.9 Å². The van der Waals surface area contributed by atoms with E-state index in [-0.39, 0.29) is 0 Å². The molecular weight excluding hydrogens is 296 g/mol. The molecule has 0 unspecified atom stereocenters. The van der Waals surface area contributed by atoms with Crippen LogP contribution in [0, 0.1) is 11.3 Å². The first-order chi connectivity index (χ1) is 11.8. The SMILES string of the molecule is N#Cc1ccc(Cn2nncc2-c2ccc3c(c2)CCCC3)cc1. The lowest BCUT2D eigenvalue weighted by molar-refractivity contribution is 0.655. The zero-order chi connectivity index (χ0) is 16.4. The van der Waals surface area contributed by atoms with Crippen molar-refractivity contribution in [2.75, 3.05) is 0 Å². The average molecular weight is 314 g/mol. The Balaban J connectivity index is 1.63. The van der Waals surface area contributed by atoms with Crippen molar-refractivity contribution in [1.82, 2.24) is 15.0 Å². The number of nitrogens with zero attached hydrogens (tertiary/aromatic N) is 4.